The fourth-order valence-corrected chi connectivity index (χ4v) is 4.37. The van der Waals surface area contributed by atoms with Gasteiger partial charge < -0.3 is 14.8 Å². The summed E-state index contributed by atoms with van der Waals surface area (Å²) in [6.45, 7) is 1.38. The molecule has 2 aromatic rings. The molecule has 0 atom stereocenters. The smallest absolute Gasteiger partial charge is 0.419 e. The van der Waals surface area contributed by atoms with Gasteiger partial charge in [0.25, 0.3) is 5.91 Å². The van der Waals surface area contributed by atoms with Gasteiger partial charge in [-0.05, 0) is 43.3 Å². The van der Waals surface area contributed by atoms with Crippen molar-refractivity contribution in [2.75, 3.05) is 26.1 Å². The van der Waals surface area contributed by atoms with Crippen LogP contribution in [0.4, 0.5) is 18.9 Å². The number of ether oxygens (including phenoxy) is 2. The van der Waals surface area contributed by atoms with Crippen molar-refractivity contribution in [1.29, 1.82) is 0 Å². The van der Waals surface area contributed by atoms with Crippen molar-refractivity contribution in [3.8, 4) is 11.5 Å². The predicted molar refractivity (Wildman–Crippen MR) is 116 cm³/mol. The van der Waals surface area contributed by atoms with Crippen LogP contribution in [0.5, 0.6) is 11.5 Å². The van der Waals surface area contributed by atoms with Crippen molar-refractivity contribution in [2.45, 2.75) is 13.1 Å². The third-order valence-electron chi connectivity index (χ3n) is 4.68. The number of halogens is 3. The van der Waals surface area contributed by atoms with E-state index < -0.39 is 33.6 Å². The number of hydrogen-bond donors (Lipinski definition) is 1. The quantitative estimate of drug-likeness (QED) is 0.677. The van der Waals surface area contributed by atoms with E-state index in [9.17, 15) is 26.4 Å². The van der Waals surface area contributed by atoms with Crippen LogP contribution in [-0.4, -0.2) is 45.1 Å². The lowest BCUT2D eigenvalue weighted by Crippen LogP contribution is -2.38. The van der Waals surface area contributed by atoms with Crippen LogP contribution in [0.2, 0.25) is 0 Å². The van der Waals surface area contributed by atoms with Gasteiger partial charge in [0.2, 0.25) is 0 Å². The van der Waals surface area contributed by atoms with Crippen molar-refractivity contribution in [3.05, 3.63) is 65.4 Å². The maximum atomic E-state index is 13.4. The Balaban J connectivity index is 2.06. The van der Waals surface area contributed by atoms with Crippen LogP contribution in [0.15, 0.2) is 58.6 Å². The van der Waals surface area contributed by atoms with Gasteiger partial charge in [-0.2, -0.15) is 21.6 Å². The maximum absolute atomic E-state index is 13.4. The monoisotopic (exact) mass is 483 g/mol. The average molecular weight is 483 g/mol. The molecule has 1 N–H and O–H groups in total. The number of carbonyl (C=O) groups is 1. The number of allylic oxidation sites excluding steroid dienone is 1. The SMILES string of the molecule is CCN1C(C(=O)Nc2cccc(OC)c2)=CC(c2ccc(OC)c(C(F)(F)F)c2)=NS1(=O)=O. The molecular weight excluding hydrogens is 463 g/mol. The highest BCUT2D eigenvalue weighted by atomic mass is 32.2. The molecule has 1 aliphatic rings. The maximum Gasteiger partial charge on any atom is 0.419 e. The number of methoxy groups -OCH3 is 2. The lowest BCUT2D eigenvalue weighted by atomic mass is 10.0. The number of benzene rings is 2. The van der Waals surface area contributed by atoms with Crippen molar-refractivity contribution < 1.29 is 35.9 Å². The Labute approximate surface area is 188 Å². The number of alkyl halides is 3. The lowest BCUT2D eigenvalue weighted by molar-refractivity contribution is -0.138. The van der Waals surface area contributed by atoms with Crippen LogP contribution in [0.1, 0.15) is 18.1 Å². The Hall–Kier alpha value is -3.54. The van der Waals surface area contributed by atoms with E-state index in [0.717, 1.165) is 29.6 Å². The molecule has 33 heavy (non-hydrogen) atoms. The molecule has 0 aliphatic carbocycles. The first kappa shape index (κ1) is 24.1. The molecule has 0 aromatic heterocycles. The van der Waals surface area contributed by atoms with Gasteiger partial charge in [0.1, 0.15) is 17.2 Å². The number of nitrogens with zero attached hydrogens (tertiary/aromatic N) is 2. The zero-order valence-electron chi connectivity index (χ0n) is 17.8. The van der Waals surface area contributed by atoms with E-state index in [1.54, 1.807) is 18.2 Å². The molecule has 0 fully saturated rings. The van der Waals surface area contributed by atoms with Crippen LogP contribution in [0.25, 0.3) is 0 Å². The van der Waals surface area contributed by atoms with Crippen LogP contribution in [0, 0.1) is 0 Å². The van der Waals surface area contributed by atoms with Gasteiger partial charge in [0, 0.05) is 23.9 Å². The van der Waals surface area contributed by atoms with Crippen LogP contribution in [0.3, 0.4) is 0 Å². The Bertz CT molecular complexity index is 1240. The molecule has 1 amide bonds. The Morgan fingerprint density at radius 2 is 1.85 bits per heavy atom. The third kappa shape index (κ3) is 5.11. The molecule has 1 heterocycles. The number of amides is 1. The first-order valence-electron chi connectivity index (χ1n) is 9.55. The third-order valence-corrected chi connectivity index (χ3v) is 6.12. The molecule has 0 saturated carbocycles. The fraction of sp³-hybridized carbons (Fsp3) is 0.238. The van der Waals surface area contributed by atoms with E-state index >= 15 is 0 Å². The molecule has 0 saturated heterocycles. The molecule has 8 nitrogen and oxygen atoms in total. The minimum absolute atomic E-state index is 0.118. The number of carbonyl (C=O) groups excluding carboxylic acids is 1. The summed E-state index contributed by atoms with van der Waals surface area (Å²) in [5, 5.41) is 2.57. The topological polar surface area (TPSA) is 97.3 Å². The Morgan fingerprint density at radius 3 is 2.45 bits per heavy atom. The molecule has 3 rings (SSSR count). The standard InChI is InChI=1S/C21H20F3N3O5S/c1-4-27-18(20(28)25-14-6-5-7-15(11-14)31-2)12-17(26-33(27,29)30)13-8-9-19(32-3)16(10-13)21(22,23)24/h5-12H,4H2,1-3H3,(H,25,28). The van der Waals surface area contributed by atoms with Gasteiger partial charge in [-0.25, -0.2) is 4.31 Å². The highest BCUT2D eigenvalue weighted by Crippen LogP contribution is 2.37. The van der Waals surface area contributed by atoms with Gasteiger partial charge in [-0.3, -0.25) is 4.79 Å². The first-order valence-corrected chi connectivity index (χ1v) is 10.9. The van der Waals surface area contributed by atoms with Gasteiger partial charge in [0.05, 0.1) is 25.5 Å². The molecule has 0 spiro atoms. The molecule has 1 aliphatic heterocycles. The van der Waals surface area contributed by atoms with Gasteiger partial charge in [-0.1, -0.05) is 6.07 Å². The Morgan fingerprint density at radius 1 is 1.12 bits per heavy atom. The van der Waals surface area contributed by atoms with Crippen molar-refractivity contribution >= 4 is 27.5 Å². The zero-order valence-corrected chi connectivity index (χ0v) is 18.6. The summed E-state index contributed by atoms with van der Waals surface area (Å²) in [5.41, 5.74) is -1.52. The molecule has 2 aromatic carbocycles. The van der Waals surface area contributed by atoms with Gasteiger partial charge in [-0.15, -0.1) is 4.40 Å². The number of likely N-dealkylation sites (N-methyl/N-ethyl adjacent to an activating group) is 1. The van der Waals surface area contributed by atoms with E-state index in [-0.39, 0.29) is 23.5 Å². The highest BCUT2D eigenvalue weighted by molar-refractivity contribution is 7.88. The van der Waals surface area contributed by atoms with Crippen LogP contribution >= 0.6 is 0 Å². The first-order chi connectivity index (χ1) is 15.5. The van der Waals surface area contributed by atoms with Gasteiger partial charge in [0.15, 0.2) is 0 Å². The molecular formula is C21H20F3N3O5S. The largest absolute Gasteiger partial charge is 0.497 e. The second-order valence-electron chi connectivity index (χ2n) is 6.75. The summed E-state index contributed by atoms with van der Waals surface area (Å²) in [4.78, 5) is 12.9. The van der Waals surface area contributed by atoms with Crippen molar-refractivity contribution in [1.82, 2.24) is 4.31 Å². The van der Waals surface area contributed by atoms with Crippen molar-refractivity contribution in [3.63, 3.8) is 0 Å². The van der Waals surface area contributed by atoms with Crippen LogP contribution in [-0.2, 0) is 21.2 Å². The number of hydrogen-bond acceptors (Lipinski definition) is 5. The normalized spacial score (nSPS) is 15.4. The Kier molecular flexibility index (Phi) is 6.68. The fourth-order valence-electron chi connectivity index (χ4n) is 3.16. The summed E-state index contributed by atoms with van der Waals surface area (Å²) in [7, 11) is -1.84. The molecule has 0 bridgehead atoms. The van der Waals surface area contributed by atoms with E-state index in [1.807, 2.05) is 0 Å². The minimum Gasteiger partial charge on any atom is -0.497 e. The molecule has 0 unspecified atom stereocenters. The van der Waals surface area contributed by atoms with E-state index in [2.05, 4.69) is 9.71 Å². The lowest BCUT2D eigenvalue weighted by Gasteiger charge is -2.26. The average Bonchev–Trinajstić information content (AvgIpc) is 2.76. The van der Waals surface area contributed by atoms with Crippen LogP contribution < -0.4 is 14.8 Å². The number of rotatable bonds is 6. The summed E-state index contributed by atoms with van der Waals surface area (Å²) >= 11 is 0. The van der Waals surface area contributed by atoms with Crippen molar-refractivity contribution in [2.24, 2.45) is 4.40 Å². The number of nitrogens with one attached hydrogen (secondary N) is 1. The molecule has 176 valence electrons. The number of anilines is 1. The summed E-state index contributed by atoms with van der Waals surface area (Å²) in [5.74, 6) is -0.753. The van der Waals surface area contributed by atoms with E-state index in [4.69, 9.17) is 9.47 Å². The molecule has 12 heteroatoms. The highest BCUT2D eigenvalue weighted by Gasteiger charge is 2.36. The van der Waals surface area contributed by atoms with Gasteiger partial charge >= 0.3 is 16.4 Å². The second-order valence-corrected chi connectivity index (χ2v) is 8.27. The summed E-state index contributed by atoms with van der Waals surface area (Å²) in [6, 6.07) is 9.40. The summed E-state index contributed by atoms with van der Waals surface area (Å²) in [6.07, 6.45) is -3.62. The zero-order chi connectivity index (χ0) is 24.4. The van der Waals surface area contributed by atoms with E-state index in [0.29, 0.717) is 11.4 Å². The second kappa shape index (κ2) is 9.14. The minimum atomic E-state index is -4.75. The summed E-state index contributed by atoms with van der Waals surface area (Å²) < 4.78 is 79.9. The molecule has 0 radical (unpaired) electrons. The van der Waals surface area contributed by atoms with E-state index in [1.165, 1.54) is 26.2 Å². The predicted octanol–water partition coefficient (Wildman–Crippen LogP) is 3.61.